The fraction of sp³-hybridized carbons (Fsp3) is 0.538. The molecule has 2 heteroatoms. The second kappa shape index (κ2) is 4.33. The third kappa shape index (κ3) is 1.92. The molecule has 0 heterocycles. The van der Waals surface area contributed by atoms with Gasteiger partial charge in [-0.1, -0.05) is 36.8 Å². The van der Waals surface area contributed by atoms with Crippen molar-refractivity contribution in [3.8, 4) is 0 Å². The van der Waals surface area contributed by atoms with Gasteiger partial charge in [-0.15, -0.1) is 0 Å². The van der Waals surface area contributed by atoms with Crippen LogP contribution in [-0.2, 0) is 4.74 Å². The first-order valence-corrected chi connectivity index (χ1v) is 5.50. The van der Waals surface area contributed by atoms with Crippen LogP contribution in [0.25, 0.3) is 0 Å². The number of hydrogen-bond acceptors (Lipinski definition) is 2. The molecule has 0 aliphatic heterocycles. The SMILES string of the molecule is COCC1(C(O)c2ccccc2)CCC1. The Kier molecular flexibility index (Phi) is 3.08. The summed E-state index contributed by atoms with van der Waals surface area (Å²) in [4.78, 5) is 0. The van der Waals surface area contributed by atoms with Crippen LogP contribution in [0, 0.1) is 5.41 Å². The summed E-state index contributed by atoms with van der Waals surface area (Å²) >= 11 is 0. The molecule has 15 heavy (non-hydrogen) atoms. The van der Waals surface area contributed by atoms with Crippen LogP contribution in [-0.4, -0.2) is 18.8 Å². The number of aliphatic hydroxyl groups excluding tert-OH is 1. The van der Waals surface area contributed by atoms with E-state index in [9.17, 15) is 5.11 Å². The Balaban J connectivity index is 2.15. The van der Waals surface area contributed by atoms with Gasteiger partial charge in [0, 0.05) is 12.5 Å². The fourth-order valence-electron chi connectivity index (χ4n) is 2.40. The van der Waals surface area contributed by atoms with Gasteiger partial charge in [-0.2, -0.15) is 0 Å². The van der Waals surface area contributed by atoms with Crippen molar-refractivity contribution in [2.24, 2.45) is 5.41 Å². The lowest BCUT2D eigenvalue weighted by atomic mass is 9.64. The molecular weight excluding hydrogens is 188 g/mol. The fourth-order valence-corrected chi connectivity index (χ4v) is 2.40. The summed E-state index contributed by atoms with van der Waals surface area (Å²) in [7, 11) is 1.71. The Hall–Kier alpha value is -0.860. The first-order valence-electron chi connectivity index (χ1n) is 5.50. The Morgan fingerprint density at radius 1 is 1.33 bits per heavy atom. The van der Waals surface area contributed by atoms with E-state index in [2.05, 4.69) is 0 Å². The van der Waals surface area contributed by atoms with Gasteiger partial charge in [0.25, 0.3) is 0 Å². The van der Waals surface area contributed by atoms with Crippen molar-refractivity contribution in [3.63, 3.8) is 0 Å². The van der Waals surface area contributed by atoms with Crippen molar-refractivity contribution in [3.05, 3.63) is 35.9 Å². The first-order chi connectivity index (χ1) is 7.28. The van der Waals surface area contributed by atoms with Crippen molar-refractivity contribution < 1.29 is 9.84 Å². The largest absolute Gasteiger partial charge is 0.388 e. The Labute approximate surface area is 90.9 Å². The summed E-state index contributed by atoms with van der Waals surface area (Å²) in [6.45, 7) is 0.656. The van der Waals surface area contributed by atoms with Crippen LogP contribution < -0.4 is 0 Å². The molecule has 0 radical (unpaired) electrons. The van der Waals surface area contributed by atoms with E-state index in [4.69, 9.17) is 4.74 Å². The van der Waals surface area contributed by atoms with Gasteiger partial charge in [0.1, 0.15) is 0 Å². The minimum Gasteiger partial charge on any atom is -0.388 e. The van der Waals surface area contributed by atoms with Gasteiger partial charge in [0.2, 0.25) is 0 Å². The summed E-state index contributed by atoms with van der Waals surface area (Å²) in [6, 6.07) is 9.89. The number of aliphatic hydroxyl groups is 1. The molecule has 82 valence electrons. The third-order valence-electron chi connectivity index (χ3n) is 3.48. The second-order valence-electron chi connectivity index (χ2n) is 4.46. The highest BCUT2D eigenvalue weighted by atomic mass is 16.5. The molecule has 0 spiro atoms. The normalized spacial score (nSPS) is 20.7. The molecular formula is C13H18O2. The smallest absolute Gasteiger partial charge is 0.0868 e. The zero-order valence-corrected chi connectivity index (χ0v) is 9.15. The van der Waals surface area contributed by atoms with E-state index in [1.54, 1.807) is 7.11 Å². The van der Waals surface area contributed by atoms with E-state index >= 15 is 0 Å². The molecule has 0 amide bonds. The van der Waals surface area contributed by atoms with Crippen LogP contribution >= 0.6 is 0 Å². The lowest BCUT2D eigenvalue weighted by Gasteiger charge is -2.45. The zero-order valence-electron chi connectivity index (χ0n) is 9.15. The van der Waals surface area contributed by atoms with Crippen LogP contribution in [0.3, 0.4) is 0 Å². The van der Waals surface area contributed by atoms with E-state index in [1.807, 2.05) is 30.3 Å². The average molecular weight is 206 g/mol. The lowest BCUT2D eigenvalue weighted by Crippen LogP contribution is -2.40. The lowest BCUT2D eigenvalue weighted by molar-refractivity contribution is -0.0842. The van der Waals surface area contributed by atoms with Crippen LogP contribution in [0.1, 0.15) is 30.9 Å². The molecule has 1 aromatic rings. The molecule has 0 saturated heterocycles. The molecule has 1 fully saturated rings. The molecule has 0 bridgehead atoms. The maximum Gasteiger partial charge on any atom is 0.0868 e. The molecule has 1 atom stereocenters. The summed E-state index contributed by atoms with van der Waals surface area (Å²) in [5.41, 5.74) is 0.977. The Bertz CT molecular complexity index is 304. The summed E-state index contributed by atoms with van der Waals surface area (Å²) in [5, 5.41) is 10.3. The predicted octanol–water partition coefficient (Wildman–Crippen LogP) is 2.54. The van der Waals surface area contributed by atoms with Crippen molar-refractivity contribution >= 4 is 0 Å². The third-order valence-corrected chi connectivity index (χ3v) is 3.48. The highest BCUT2D eigenvalue weighted by molar-refractivity contribution is 5.20. The van der Waals surface area contributed by atoms with Crippen LogP contribution in [0.15, 0.2) is 30.3 Å². The summed E-state index contributed by atoms with van der Waals surface area (Å²) in [6.07, 6.45) is 2.95. The number of benzene rings is 1. The monoisotopic (exact) mass is 206 g/mol. The highest BCUT2D eigenvalue weighted by Gasteiger charge is 2.44. The number of ether oxygens (including phenoxy) is 1. The predicted molar refractivity (Wildman–Crippen MR) is 59.6 cm³/mol. The second-order valence-corrected chi connectivity index (χ2v) is 4.46. The van der Waals surface area contributed by atoms with Gasteiger partial charge in [-0.25, -0.2) is 0 Å². The standard InChI is InChI=1S/C13H18O2/c1-15-10-13(8-5-9-13)12(14)11-6-3-2-4-7-11/h2-4,6-7,12,14H,5,8-10H2,1H3. The molecule has 1 aliphatic carbocycles. The minimum atomic E-state index is -0.382. The van der Waals surface area contributed by atoms with Gasteiger partial charge in [0.05, 0.1) is 12.7 Å². The maximum atomic E-state index is 10.3. The van der Waals surface area contributed by atoms with E-state index < -0.39 is 0 Å². The number of rotatable bonds is 4. The van der Waals surface area contributed by atoms with Crippen LogP contribution in [0.4, 0.5) is 0 Å². The van der Waals surface area contributed by atoms with Crippen LogP contribution in [0.5, 0.6) is 0 Å². The number of methoxy groups -OCH3 is 1. The van der Waals surface area contributed by atoms with Crippen molar-refractivity contribution in [2.45, 2.75) is 25.4 Å². The molecule has 0 aromatic heterocycles. The van der Waals surface area contributed by atoms with Gasteiger partial charge in [-0.3, -0.25) is 0 Å². The van der Waals surface area contributed by atoms with Gasteiger partial charge in [-0.05, 0) is 18.4 Å². The Morgan fingerprint density at radius 2 is 2.00 bits per heavy atom. The van der Waals surface area contributed by atoms with Crippen molar-refractivity contribution in [1.29, 1.82) is 0 Å². The molecule has 1 aromatic carbocycles. The highest BCUT2D eigenvalue weighted by Crippen LogP contribution is 2.50. The summed E-state index contributed by atoms with van der Waals surface area (Å²) < 4.78 is 5.23. The van der Waals surface area contributed by atoms with E-state index in [-0.39, 0.29) is 11.5 Å². The summed E-state index contributed by atoms with van der Waals surface area (Å²) in [5.74, 6) is 0. The minimum absolute atomic E-state index is 0.0316. The molecule has 1 saturated carbocycles. The van der Waals surface area contributed by atoms with Crippen LogP contribution in [0.2, 0.25) is 0 Å². The molecule has 2 nitrogen and oxygen atoms in total. The zero-order chi connectivity index (χ0) is 10.7. The molecule has 1 aliphatic rings. The topological polar surface area (TPSA) is 29.5 Å². The van der Waals surface area contributed by atoms with E-state index in [1.165, 1.54) is 6.42 Å². The van der Waals surface area contributed by atoms with Crippen molar-refractivity contribution in [2.75, 3.05) is 13.7 Å². The van der Waals surface area contributed by atoms with E-state index in [0.717, 1.165) is 18.4 Å². The van der Waals surface area contributed by atoms with Gasteiger partial charge >= 0.3 is 0 Å². The number of hydrogen-bond donors (Lipinski definition) is 1. The first kappa shape index (κ1) is 10.7. The quantitative estimate of drug-likeness (QED) is 0.820. The van der Waals surface area contributed by atoms with Gasteiger partial charge < -0.3 is 9.84 Å². The average Bonchev–Trinajstić information content (AvgIpc) is 2.24. The molecule has 2 rings (SSSR count). The molecule has 1 unspecified atom stereocenters. The molecule has 1 N–H and O–H groups in total. The Morgan fingerprint density at radius 3 is 2.47 bits per heavy atom. The maximum absolute atomic E-state index is 10.3. The van der Waals surface area contributed by atoms with Crippen molar-refractivity contribution in [1.82, 2.24) is 0 Å². The van der Waals surface area contributed by atoms with E-state index in [0.29, 0.717) is 6.61 Å². The van der Waals surface area contributed by atoms with Gasteiger partial charge in [0.15, 0.2) is 0 Å².